The monoisotopic (exact) mass is 487 g/mol. The zero-order chi connectivity index (χ0) is 23.9. The number of hydrogen-bond donors (Lipinski definition) is 1. The third-order valence-electron chi connectivity index (χ3n) is 6.53. The summed E-state index contributed by atoms with van der Waals surface area (Å²) in [4.78, 5) is 0. The number of allylic oxidation sites excluding steroid dienone is 5. The SMILES string of the molecule is C=C(/C=C(\C=C/C)c1cccc2c1sc1ccccc12)c1c(NC)ccc2c1sc1ccccc12. The Labute approximate surface area is 213 Å². The average molecular weight is 488 g/mol. The fourth-order valence-electron chi connectivity index (χ4n) is 4.95. The Morgan fingerprint density at radius 2 is 1.37 bits per heavy atom. The highest BCUT2D eigenvalue weighted by atomic mass is 32.1. The second-order valence-electron chi connectivity index (χ2n) is 8.62. The van der Waals surface area contributed by atoms with E-state index in [9.17, 15) is 0 Å². The summed E-state index contributed by atoms with van der Waals surface area (Å²) in [6, 6.07) is 28.4. The van der Waals surface area contributed by atoms with Crippen LogP contribution in [0, 0.1) is 0 Å². The third-order valence-corrected chi connectivity index (χ3v) is 8.95. The van der Waals surface area contributed by atoms with Crippen molar-refractivity contribution in [1.29, 1.82) is 0 Å². The van der Waals surface area contributed by atoms with Gasteiger partial charge in [0.1, 0.15) is 0 Å². The van der Waals surface area contributed by atoms with E-state index in [1.807, 2.05) is 29.7 Å². The van der Waals surface area contributed by atoms with E-state index in [2.05, 4.69) is 116 Å². The number of thiophene rings is 2. The first kappa shape index (κ1) is 21.8. The number of nitrogens with one attached hydrogen (secondary N) is 1. The maximum Gasteiger partial charge on any atom is 0.0454 e. The molecule has 0 fully saturated rings. The lowest BCUT2D eigenvalue weighted by atomic mass is 9.96. The van der Waals surface area contributed by atoms with Gasteiger partial charge in [-0.25, -0.2) is 0 Å². The summed E-state index contributed by atoms with van der Waals surface area (Å²) >= 11 is 3.71. The Morgan fingerprint density at radius 3 is 2.06 bits per heavy atom. The fourth-order valence-corrected chi connectivity index (χ4v) is 7.47. The number of rotatable bonds is 5. The van der Waals surface area contributed by atoms with Crippen molar-refractivity contribution in [3.8, 4) is 0 Å². The minimum absolute atomic E-state index is 1.01. The zero-order valence-electron chi connectivity index (χ0n) is 19.8. The molecule has 0 amide bonds. The summed E-state index contributed by atoms with van der Waals surface area (Å²) in [7, 11) is 1.99. The third kappa shape index (κ3) is 3.59. The van der Waals surface area contributed by atoms with Crippen LogP contribution in [0.15, 0.2) is 104 Å². The molecule has 0 saturated heterocycles. The highest BCUT2D eigenvalue weighted by Gasteiger charge is 2.16. The van der Waals surface area contributed by atoms with E-state index in [1.54, 1.807) is 0 Å². The van der Waals surface area contributed by atoms with Gasteiger partial charge in [0.15, 0.2) is 0 Å². The Morgan fingerprint density at radius 1 is 0.743 bits per heavy atom. The molecule has 0 bridgehead atoms. The highest BCUT2D eigenvalue weighted by Crippen LogP contribution is 2.43. The second-order valence-corrected chi connectivity index (χ2v) is 10.7. The van der Waals surface area contributed by atoms with Gasteiger partial charge in [0.25, 0.3) is 0 Å². The molecular weight excluding hydrogens is 462 g/mol. The van der Waals surface area contributed by atoms with E-state index in [1.165, 1.54) is 57.0 Å². The molecule has 170 valence electrons. The first-order valence-corrected chi connectivity index (χ1v) is 13.4. The van der Waals surface area contributed by atoms with Crippen molar-refractivity contribution in [2.24, 2.45) is 0 Å². The highest BCUT2D eigenvalue weighted by molar-refractivity contribution is 7.26. The van der Waals surface area contributed by atoms with Gasteiger partial charge < -0.3 is 5.32 Å². The molecule has 0 aliphatic rings. The summed E-state index contributed by atoms with van der Waals surface area (Å²) in [6.45, 7) is 6.66. The molecule has 3 heteroatoms. The molecular formula is C32H25NS2. The van der Waals surface area contributed by atoms with Crippen LogP contribution in [0.5, 0.6) is 0 Å². The Kier molecular flexibility index (Phi) is 5.52. The molecule has 0 aliphatic carbocycles. The molecule has 35 heavy (non-hydrogen) atoms. The molecule has 6 rings (SSSR count). The van der Waals surface area contributed by atoms with Crippen LogP contribution in [-0.4, -0.2) is 7.05 Å². The predicted molar refractivity (Wildman–Crippen MR) is 160 cm³/mol. The van der Waals surface area contributed by atoms with Gasteiger partial charge >= 0.3 is 0 Å². The lowest BCUT2D eigenvalue weighted by Gasteiger charge is -2.13. The van der Waals surface area contributed by atoms with Crippen LogP contribution in [0.2, 0.25) is 0 Å². The largest absolute Gasteiger partial charge is 0.388 e. The van der Waals surface area contributed by atoms with Crippen molar-refractivity contribution in [3.63, 3.8) is 0 Å². The van der Waals surface area contributed by atoms with Gasteiger partial charge in [-0.15, -0.1) is 22.7 Å². The summed E-state index contributed by atoms with van der Waals surface area (Å²) in [5.74, 6) is 0. The van der Waals surface area contributed by atoms with Gasteiger partial charge in [0, 0.05) is 58.6 Å². The molecule has 0 aliphatic heterocycles. The molecule has 4 aromatic carbocycles. The summed E-state index contributed by atoms with van der Waals surface area (Å²) < 4.78 is 5.22. The van der Waals surface area contributed by atoms with Gasteiger partial charge in [-0.1, -0.05) is 79.4 Å². The number of anilines is 1. The Hall–Kier alpha value is -3.66. The second kappa shape index (κ2) is 8.84. The van der Waals surface area contributed by atoms with Crippen LogP contribution < -0.4 is 5.32 Å². The van der Waals surface area contributed by atoms with Crippen molar-refractivity contribution in [2.45, 2.75) is 6.92 Å². The molecule has 1 nitrogen and oxygen atoms in total. The van der Waals surface area contributed by atoms with Crippen LogP contribution in [-0.2, 0) is 0 Å². The van der Waals surface area contributed by atoms with Crippen LogP contribution in [0.4, 0.5) is 5.69 Å². The summed E-state index contributed by atoms with van der Waals surface area (Å²) in [6.07, 6.45) is 6.57. The van der Waals surface area contributed by atoms with E-state index in [0.29, 0.717) is 0 Å². The van der Waals surface area contributed by atoms with E-state index in [-0.39, 0.29) is 0 Å². The number of hydrogen-bond acceptors (Lipinski definition) is 3. The van der Waals surface area contributed by atoms with Crippen molar-refractivity contribution in [3.05, 3.63) is 115 Å². The molecule has 0 atom stereocenters. The van der Waals surface area contributed by atoms with Gasteiger partial charge in [0.2, 0.25) is 0 Å². The molecule has 0 radical (unpaired) electrons. The van der Waals surface area contributed by atoms with E-state index >= 15 is 0 Å². The minimum atomic E-state index is 1.01. The maximum absolute atomic E-state index is 4.58. The van der Waals surface area contributed by atoms with Crippen LogP contribution in [0.1, 0.15) is 18.1 Å². The number of fused-ring (bicyclic) bond motifs is 6. The van der Waals surface area contributed by atoms with Crippen LogP contribution >= 0.6 is 22.7 Å². The molecule has 0 spiro atoms. The van der Waals surface area contributed by atoms with E-state index in [4.69, 9.17) is 0 Å². The minimum Gasteiger partial charge on any atom is -0.388 e. The predicted octanol–water partition coefficient (Wildman–Crippen LogP) is 10.1. The first-order valence-electron chi connectivity index (χ1n) is 11.8. The van der Waals surface area contributed by atoms with Crippen LogP contribution in [0.3, 0.4) is 0 Å². The Balaban J connectivity index is 1.57. The fraction of sp³-hybridized carbons (Fsp3) is 0.0625. The normalized spacial score (nSPS) is 12.5. The quantitative estimate of drug-likeness (QED) is 0.239. The van der Waals surface area contributed by atoms with E-state index in [0.717, 1.165) is 11.3 Å². The van der Waals surface area contributed by atoms with Crippen molar-refractivity contribution < 1.29 is 0 Å². The van der Waals surface area contributed by atoms with Crippen molar-refractivity contribution >= 4 is 79.9 Å². The lowest BCUT2D eigenvalue weighted by Crippen LogP contribution is -1.94. The van der Waals surface area contributed by atoms with Gasteiger partial charge in [-0.2, -0.15) is 0 Å². The molecule has 6 aromatic rings. The lowest BCUT2D eigenvalue weighted by molar-refractivity contribution is 1.52. The van der Waals surface area contributed by atoms with Crippen LogP contribution in [0.25, 0.3) is 51.5 Å². The topological polar surface area (TPSA) is 12.0 Å². The van der Waals surface area contributed by atoms with Crippen molar-refractivity contribution in [2.75, 3.05) is 12.4 Å². The summed E-state index contributed by atoms with van der Waals surface area (Å²) in [5, 5.41) is 8.63. The molecule has 2 aromatic heterocycles. The zero-order valence-corrected chi connectivity index (χ0v) is 21.4. The van der Waals surface area contributed by atoms with Gasteiger partial charge in [0.05, 0.1) is 0 Å². The van der Waals surface area contributed by atoms with E-state index < -0.39 is 0 Å². The molecule has 0 saturated carbocycles. The van der Waals surface area contributed by atoms with Gasteiger partial charge in [-0.3, -0.25) is 0 Å². The average Bonchev–Trinajstić information content (AvgIpc) is 3.46. The molecule has 0 unspecified atom stereocenters. The molecule has 1 N–H and O–H groups in total. The molecule has 2 heterocycles. The smallest absolute Gasteiger partial charge is 0.0454 e. The number of benzene rings is 4. The Bertz CT molecular complexity index is 1810. The first-order chi connectivity index (χ1) is 17.2. The maximum atomic E-state index is 4.58. The standard InChI is InChI=1S/C32H25NS2/c1-4-10-21(22-13-9-14-25-23-11-5-7-15-28(23)34-31(22)25)19-20(2)30-27(33-3)18-17-26-24-12-6-8-16-29(24)35-32(26)30/h4-19,33H,2H2,1,3H3/b10-4-,21-19+. The van der Waals surface area contributed by atoms with Crippen molar-refractivity contribution in [1.82, 2.24) is 0 Å². The van der Waals surface area contributed by atoms with Gasteiger partial charge in [-0.05, 0) is 47.9 Å². The summed E-state index contributed by atoms with van der Waals surface area (Å²) in [5.41, 5.74) is 5.71.